The lowest BCUT2D eigenvalue weighted by molar-refractivity contribution is -0.295. The van der Waals surface area contributed by atoms with Crippen LogP contribution >= 0.6 is 0 Å². The van der Waals surface area contributed by atoms with Gasteiger partial charge in [-0.3, -0.25) is 19.4 Å². The van der Waals surface area contributed by atoms with E-state index < -0.39 is 41.4 Å². The molecule has 12 heteroatoms. The Hall–Kier alpha value is -1.93. The van der Waals surface area contributed by atoms with Crippen molar-refractivity contribution in [3.8, 4) is 0 Å². The maximum absolute atomic E-state index is 14.3. The number of esters is 1. The van der Waals surface area contributed by atoms with Crippen LogP contribution in [0, 0.1) is 23.2 Å². The molecule has 4 heterocycles. The van der Waals surface area contributed by atoms with Gasteiger partial charge in [-0.1, -0.05) is 13.8 Å². The molecule has 0 unspecified atom stereocenters. The van der Waals surface area contributed by atoms with Gasteiger partial charge in [0.15, 0.2) is 12.1 Å². The minimum atomic E-state index is -1.42. The molecule has 1 N–H and O–H groups in total. The van der Waals surface area contributed by atoms with E-state index in [0.29, 0.717) is 18.8 Å². The average molecular weight is 678 g/mol. The second-order valence-electron chi connectivity index (χ2n) is 15.9. The highest BCUT2D eigenvalue weighted by Crippen LogP contribution is 2.39. The number of Topliss-reactive ketones (excluding diaryl/α,β-unsaturated/α-hetero) is 1. The molecule has 0 bridgehead atoms. The van der Waals surface area contributed by atoms with E-state index in [1.165, 1.54) is 0 Å². The quantitative estimate of drug-likeness (QED) is 0.339. The van der Waals surface area contributed by atoms with E-state index in [9.17, 15) is 14.7 Å². The van der Waals surface area contributed by atoms with Gasteiger partial charge < -0.3 is 33.5 Å². The van der Waals surface area contributed by atoms with Crippen LogP contribution in [0.4, 0.5) is 0 Å². The number of piperidine rings is 1. The fourth-order valence-electron chi connectivity index (χ4n) is 8.31. The lowest BCUT2D eigenvalue weighted by Crippen LogP contribution is -2.59. The molecule has 0 radical (unpaired) electrons. The van der Waals surface area contributed by atoms with Crippen molar-refractivity contribution in [2.24, 2.45) is 30.2 Å². The molecule has 3 aliphatic heterocycles. The number of methoxy groups -OCH3 is 1. The first-order chi connectivity index (χ1) is 22.5. The number of hydrogen-bond acceptors (Lipinski definition) is 11. The van der Waals surface area contributed by atoms with Crippen molar-refractivity contribution in [2.75, 3.05) is 54.5 Å². The molecule has 1 aromatic heterocycles. The first-order valence-electron chi connectivity index (χ1n) is 17.8. The normalized spacial score (nSPS) is 37.1. The molecule has 0 saturated carbocycles. The first-order valence-corrected chi connectivity index (χ1v) is 17.8. The van der Waals surface area contributed by atoms with Crippen molar-refractivity contribution in [3.05, 3.63) is 18.2 Å². The summed E-state index contributed by atoms with van der Waals surface area (Å²) in [5.41, 5.74) is -2.35. The molecular weight excluding hydrogens is 614 g/mol. The highest BCUT2D eigenvalue weighted by atomic mass is 16.7. The summed E-state index contributed by atoms with van der Waals surface area (Å²) in [4.78, 5) is 39.3. The van der Waals surface area contributed by atoms with E-state index in [-0.39, 0.29) is 36.5 Å². The van der Waals surface area contributed by atoms with E-state index >= 15 is 0 Å². The molecule has 9 atom stereocenters. The van der Waals surface area contributed by atoms with Crippen molar-refractivity contribution in [3.63, 3.8) is 0 Å². The molecule has 12 nitrogen and oxygen atoms in total. The molecule has 4 rings (SSSR count). The maximum Gasteiger partial charge on any atom is 0.319 e. The summed E-state index contributed by atoms with van der Waals surface area (Å²) in [6.45, 7) is 14.9. The highest BCUT2D eigenvalue weighted by molar-refractivity contribution is 6.04. The number of aliphatic hydroxyl groups is 1. The number of likely N-dealkylation sites (tertiary alicyclic amines) is 1. The van der Waals surface area contributed by atoms with Gasteiger partial charge in [-0.25, -0.2) is 4.98 Å². The first kappa shape index (κ1) is 38.9. The number of aromatic nitrogens is 2. The molecule has 3 saturated heterocycles. The van der Waals surface area contributed by atoms with E-state index in [2.05, 4.69) is 33.3 Å². The molecule has 48 heavy (non-hydrogen) atoms. The summed E-state index contributed by atoms with van der Waals surface area (Å²) in [5, 5.41) is 11.4. The smallest absolute Gasteiger partial charge is 0.319 e. The van der Waals surface area contributed by atoms with E-state index in [0.717, 1.165) is 44.8 Å². The Labute approximate surface area is 288 Å². The van der Waals surface area contributed by atoms with E-state index in [1.807, 2.05) is 52.3 Å². The maximum atomic E-state index is 14.3. The SMILES string of the molecule is CO[C@]1(C)C[C@@H](C)CN(C)[C@H](C2CCN(Cc3nccn3C)CC2)COC(=O)C(C)(C)C(=O)[C@H](C)[C@H]1O[C@@H]1O[C@H](C)C[C@H](N(C)C)[C@H]1O. The molecule has 274 valence electrons. The number of likely N-dealkylation sites (N-methyl/N-ethyl adjacent to an activating group) is 2. The summed E-state index contributed by atoms with van der Waals surface area (Å²) in [5.74, 6) is -0.0519. The highest BCUT2D eigenvalue weighted by Gasteiger charge is 2.51. The average Bonchev–Trinajstić information content (AvgIpc) is 3.43. The summed E-state index contributed by atoms with van der Waals surface area (Å²) in [6.07, 6.45) is 4.16. The predicted molar refractivity (Wildman–Crippen MR) is 183 cm³/mol. The Morgan fingerprint density at radius 2 is 1.77 bits per heavy atom. The third-order valence-corrected chi connectivity index (χ3v) is 11.4. The number of rotatable bonds is 7. The molecule has 0 aliphatic carbocycles. The van der Waals surface area contributed by atoms with Crippen LogP contribution in [-0.4, -0.2) is 138 Å². The van der Waals surface area contributed by atoms with Gasteiger partial charge >= 0.3 is 5.97 Å². The molecule has 0 aromatic carbocycles. The zero-order valence-corrected chi connectivity index (χ0v) is 31.3. The zero-order valence-electron chi connectivity index (χ0n) is 31.3. The zero-order chi connectivity index (χ0) is 35.6. The lowest BCUT2D eigenvalue weighted by Gasteiger charge is -2.47. The Bertz CT molecular complexity index is 1220. The Morgan fingerprint density at radius 3 is 2.35 bits per heavy atom. The van der Waals surface area contributed by atoms with Gasteiger partial charge in [0.25, 0.3) is 0 Å². The van der Waals surface area contributed by atoms with Crippen LogP contribution in [0.25, 0.3) is 0 Å². The number of hydrogen-bond donors (Lipinski definition) is 1. The van der Waals surface area contributed by atoms with Gasteiger partial charge in [-0.05, 0) is 99.4 Å². The number of ketones is 1. The van der Waals surface area contributed by atoms with Gasteiger partial charge in [-0.15, -0.1) is 0 Å². The molecule has 3 fully saturated rings. The molecule has 3 aliphatic rings. The topological polar surface area (TPSA) is 119 Å². The van der Waals surface area contributed by atoms with Gasteiger partial charge in [0.2, 0.25) is 0 Å². The van der Waals surface area contributed by atoms with Gasteiger partial charge in [-0.2, -0.15) is 0 Å². The van der Waals surface area contributed by atoms with E-state index in [4.69, 9.17) is 18.9 Å². The number of nitrogens with zero attached hydrogens (tertiary/aromatic N) is 5. The standard InChI is InChI=1S/C36H63N5O7/c1-23-19-36(6,45-11)32(48-33-30(42)27(38(7)8)18-24(2)47-33)25(3)31(43)35(4,5)34(44)46-22-28(40(10)20-23)26-12-15-41(16-13-26)21-29-37-14-17-39(29)9/h14,17,23-28,30,32-33,42H,12-13,15-16,18-22H2,1-11H3/t23-,24-,25+,27+,28+,30-,32-,33+,36-/m1/s1. The van der Waals surface area contributed by atoms with Crippen molar-refractivity contribution >= 4 is 11.8 Å². The van der Waals surface area contributed by atoms with Crippen LogP contribution < -0.4 is 0 Å². The fraction of sp³-hybridized carbons (Fsp3) is 0.861. The van der Waals surface area contributed by atoms with Gasteiger partial charge in [0, 0.05) is 51.1 Å². The number of ether oxygens (including phenoxy) is 4. The third kappa shape index (κ3) is 8.68. The second kappa shape index (κ2) is 16.0. The monoisotopic (exact) mass is 677 g/mol. The summed E-state index contributed by atoms with van der Waals surface area (Å²) in [6, 6.07) is -0.169. The fourth-order valence-corrected chi connectivity index (χ4v) is 8.31. The van der Waals surface area contributed by atoms with Crippen LogP contribution in [-0.2, 0) is 42.1 Å². The van der Waals surface area contributed by atoms with Crippen molar-refractivity contribution in [2.45, 2.75) is 116 Å². The summed E-state index contributed by atoms with van der Waals surface area (Å²) < 4.78 is 27.2. The van der Waals surface area contributed by atoms with Crippen LogP contribution in [0.1, 0.15) is 73.1 Å². The van der Waals surface area contributed by atoms with E-state index in [1.54, 1.807) is 27.9 Å². The van der Waals surface area contributed by atoms with Gasteiger partial charge in [0.05, 0.1) is 24.4 Å². The van der Waals surface area contributed by atoms with Gasteiger partial charge in [0.1, 0.15) is 24.0 Å². The predicted octanol–water partition coefficient (Wildman–Crippen LogP) is 2.96. The van der Waals surface area contributed by atoms with Crippen molar-refractivity contribution in [1.29, 1.82) is 0 Å². The number of aliphatic hydroxyl groups excluding tert-OH is 1. The molecule has 1 aromatic rings. The van der Waals surface area contributed by atoms with Crippen LogP contribution in [0.15, 0.2) is 12.4 Å². The van der Waals surface area contributed by atoms with Crippen LogP contribution in [0.2, 0.25) is 0 Å². The lowest BCUT2D eigenvalue weighted by atomic mass is 9.74. The van der Waals surface area contributed by atoms with Crippen LogP contribution in [0.3, 0.4) is 0 Å². The molecular formula is C36H63N5O7. The summed E-state index contributed by atoms with van der Waals surface area (Å²) >= 11 is 0. The third-order valence-electron chi connectivity index (χ3n) is 11.4. The largest absolute Gasteiger partial charge is 0.463 e. The molecule has 0 spiro atoms. The van der Waals surface area contributed by atoms with Crippen molar-refractivity contribution < 1.29 is 33.6 Å². The Balaban J connectivity index is 1.58. The minimum Gasteiger partial charge on any atom is -0.463 e. The number of aryl methyl sites for hydroxylation is 1. The number of cyclic esters (lactones) is 1. The second-order valence-corrected chi connectivity index (χ2v) is 15.9. The summed E-state index contributed by atoms with van der Waals surface area (Å²) in [7, 11) is 9.64. The number of carbonyl (C=O) groups is 2. The number of carbonyl (C=O) groups excluding carboxylic acids is 2. The Kier molecular flexibility index (Phi) is 12.9. The van der Waals surface area contributed by atoms with Crippen LogP contribution in [0.5, 0.6) is 0 Å². The molecule has 0 amide bonds. The van der Waals surface area contributed by atoms with Crippen molar-refractivity contribution in [1.82, 2.24) is 24.3 Å². The minimum absolute atomic E-state index is 0.00637. The number of imidazole rings is 1. The Morgan fingerprint density at radius 1 is 1.10 bits per heavy atom.